The summed E-state index contributed by atoms with van der Waals surface area (Å²) >= 11 is 2.06. The van der Waals surface area contributed by atoms with Crippen LogP contribution in [0.5, 0.6) is 0 Å². The monoisotopic (exact) mass is 956 g/mol. The highest BCUT2D eigenvalue weighted by Crippen LogP contribution is 2.67. The van der Waals surface area contributed by atoms with E-state index < -0.39 is 5.41 Å². The highest BCUT2D eigenvalue weighted by Gasteiger charge is 2.57. The van der Waals surface area contributed by atoms with Gasteiger partial charge in [-0.05, 0) is 150 Å². The number of thiophene rings is 1. The number of fused-ring (bicyclic) bond motifs is 15. The van der Waals surface area contributed by atoms with Crippen molar-refractivity contribution in [3.05, 3.63) is 244 Å². The predicted molar refractivity (Wildman–Crippen MR) is 312 cm³/mol. The highest BCUT2D eigenvalue weighted by molar-refractivity contribution is 7.30. The molecule has 0 amide bonds. The summed E-state index contributed by atoms with van der Waals surface area (Å²) in [5, 5.41) is 0. The van der Waals surface area contributed by atoms with Gasteiger partial charge in [0.25, 0.3) is 6.71 Å². The average Bonchev–Trinajstić information content (AvgIpc) is 4.03. The lowest BCUT2D eigenvalue weighted by Crippen LogP contribution is -2.60. The average molecular weight is 957 g/mol. The molecule has 0 N–H and O–H groups in total. The summed E-state index contributed by atoms with van der Waals surface area (Å²) in [4.78, 5) is 6.67. The van der Waals surface area contributed by atoms with Crippen LogP contribution in [0.15, 0.2) is 200 Å². The van der Waals surface area contributed by atoms with Crippen molar-refractivity contribution in [3.8, 4) is 44.5 Å². The summed E-state index contributed by atoms with van der Waals surface area (Å²) in [5.41, 5.74) is 29.2. The first-order valence-corrected chi connectivity index (χ1v) is 26.8. The second-order valence-corrected chi connectivity index (χ2v) is 24.1. The molecular weight excluding hydrogens is 900 g/mol. The molecule has 1 spiro atoms. The van der Waals surface area contributed by atoms with Crippen LogP contribution < -0.4 is 25.5 Å². The zero-order valence-electron chi connectivity index (χ0n) is 42.9. The van der Waals surface area contributed by atoms with Crippen molar-refractivity contribution in [1.29, 1.82) is 0 Å². The molecule has 10 aromatic rings. The Bertz CT molecular complexity index is 3860. The van der Waals surface area contributed by atoms with Gasteiger partial charge in [0.05, 0.1) is 11.1 Å². The Morgan fingerprint density at radius 2 is 1.01 bits per heavy atom. The predicted octanol–water partition coefficient (Wildman–Crippen LogP) is 16.7. The Hall–Kier alpha value is -7.66. The maximum absolute atomic E-state index is 2.67. The first-order valence-electron chi connectivity index (χ1n) is 26.0. The van der Waals surface area contributed by atoms with E-state index in [9.17, 15) is 0 Å². The van der Waals surface area contributed by atoms with E-state index in [0.717, 1.165) is 5.69 Å². The van der Waals surface area contributed by atoms with Gasteiger partial charge in [0, 0.05) is 43.7 Å². The molecule has 0 bridgehead atoms. The molecule has 0 atom stereocenters. The molecule has 2 aliphatic carbocycles. The fraction of sp³-hybridized carbons (Fsp3) is 0.159. The first-order chi connectivity index (χ1) is 35.3. The van der Waals surface area contributed by atoms with E-state index in [2.05, 4.69) is 277 Å². The van der Waals surface area contributed by atoms with Crippen LogP contribution in [0.3, 0.4) is 0 Å². The van der Waals surface area contributed by atoms with Crippen LogP contribution in [0.1, 0.15) is 85.4 Å². The van der Waals surface area contributed by atoms with E-state index in [4.69, 9.17) is 0 Å². The molecule has 0 saturated carbocycles. The summed E-state index contributed by atoms with van der Waals surface area (Å²) in [6.07, 6.45) is 0. The fourth-order valence-electron chi connectivity index (χ4n) is 13.1. The van der Waals surface area contributed by atoms with Crippen LogP contribution in [-0.2, 0) is 16.2 Å². The summed E-state index contributed by atoms with van der Waals surface area (Å²) < 4.78 is 1.40. The molecule has 0 radical (unpaired) electrons. The molecule has 1 aromatic heterocycles. The van der Waals surface area contributed by atoms with Crippen LogP contribution >= 0.6 is 11.3 Å². The van der Waals surface area contributed by atoms with Crippen molar-refractivity contribution in [1.82, 2.24) is 0 Å². The Labute approximate surface area is 435 Å². The lowest BCUT2D eigenvalue weighted by molar-refractivity contribution is 0.590. The zero-order chi connectivity index (χ0) is 49.7. The van der Waals surface area contributed by atoms with Gasteiger partial charge in [-0.3, -0.25) is 0 Å². The fourth-order valence-corrected chi connectivity index (χ4v) is 14.7. The maximum Gasteiger partial charge on any atom is 0.264 e. The second kappa shape index (κ2) is 15.7. The van der Waals surface area contributed by atoms with Gasteiger partial charge in [-0.15, -0.1) is 11.3 Å². The Kier molecular flexibility index (Phi) is 9.46. The molecule has 4 aliphatic rings. The molecule has 4 heteroatoms. The number of benzene rings is 9. The maximum atomic E-state index is 2.67. The van der Waals surface area contributed by atoms with Crippen molar-refractivity contribution < 1.29 is 0 Å². The SMILES string of the molecule is Cc1cc2c3c(c1)N(c1ccc(C(C)(C)C)cc1)c1c(sc4c1-c1ccc(C)cc1C41c4ccccc4-c4ccccc41)B3c1ccc(-c3cc(C(C)(C)C)ccc3-c3ccccc3)cc1N2c1ccccc1. The van der Waals surface area contributed by atoms with Crippen LogP contribution in [0.2, 0.25) is 0 Å². The third-order valence-electron chi connectivity index (χ3n) is 16.5. The summed E-state index contributed by atoms with van der Waals surface area (Å²) in [7, 11) is 0. The molecule has 2 aliphatic heterocycles. The largest absolute Gasteiger partial charge is 0.311 e. The minimum Gasteiger partial charge on any atom is -0.311 e. The Morgan fingerprint density at radius 1 is 0.425 bits per heavy atom. The third kappa shape index (κ3) is 6.29. The van der Waals surface area contributed by atoms with Crippen molar-refractivity contribution in [2.75, 3.05) is 9.80 Å². The zero-order valence-corrected chi connectivity index (χ0v) is 43.7. The van der Waals surface area contributed by atoms with Crippen molar-refractivity contribution >= 4 is 67.9 Å². The van der Waals surface area contributed by atoms with Gasteiger partial charge in [0.1, 0.15) is 0 Å². The molecule has 0 fully saturated rings. The molecule has 0 saturated heterocycles. The van der Waals surface area contributed by atoms with E-state index in [1.54, 1.807) is 0 Å². The number of hydrogen-bond donors (Lipinski definition) is 0. The Morgan fingerprint density at radius 3 is 1.68 bits per heavy atom. The van der Waals surface area contributed by atoms with Gasteiger partial charge in [-0.1, -0.05) is 205 Å². The van der Waals surface area contributed by atoms with E-state index >= 15 is 0 Å². The molecule has 2 nitrogen and oxygen atoms in total. The molecule has 14 rings (SSSR count). The minimum atomic E-state index is -0.470. The van der Waals surface area contributed by atoms with Crippen LogP contribution in [0.4, 0.5) is 34.1 Å². The van der Waals surface area contributed by atoms with Gasteiger partial charge < -0.3 is 9.80 Å². The lowest BCUT2D eigenvalue weighted by Gasteiger charge is -2.44. The van der Waals surface area contributed by atoms with Gasteiger partial charge >= 0.3 is 0 Å². The molecule has 3 heterocycles. The summed E-state index contributed by atoms with van der Waals surface area (Å²) in [6.45, 7) is 18.4. The number of anilines is 6. The van der Waals surface area contributed by atoms with Crippen molar-refractivity contribution in [3.63, 3.8) is 0 Å². The van der Waals surface area contributed by atoms with Crippen LogP contribution in [0, 0.1) is 13.8 Å². The van der Waals surface area contributed by atoms with E-state index in [0.29, 0.717) is 0 Å². The van der Waals surface area contributed by atoms with E-state index in [1.165, 1.54) is 132 Å². The number of rotatable bonds is 4. The Balaban J connectivity index is 1.10. The van der Waals surface area contributed by atoms with Crippen molar-refractivity contribution in [2.24, 2.45) is 0 Å². The number of aryl methyl sites for hydroxylation is 2. The summed E-state index contributed by atoms with van der Waals surface area (Å²) in [5.74, 6) is 0. The van der Waals surface area contributed by atoms with Crippen LogP contribution in [-0.4, -0.2) is 6.71 Å². The van der Waals surface area contributed by atoms with Gasteiger partial charge in [0.15, 0.2) is 0 Å². The molecule has 9 aromatic carbocycles. The molecular formula is C69H57BN2S. The lowest BCUT2D eigenvalue weighted by atomic mass is 9.36. The standard InChI is InChI=1S/C69H57BN2S/c1-42-27-34-53-57(37-42)69(55-25-17-15-23-51(55)52-24-16-18-26-56(52)69)65-62(53)64-66(73-65)70-58-36-28-45(54-41-47(68(6,7)8)31-35-50(54)44-19-11-9-12-20-44)40-59(58)71(48-21-13-10-14-22-48)60-38-43(2)39-61(63(60)70)72(64)49-32-29-46(30-33-49)67(3,4)5/h9-41H,1-8H3. The second-order valence-electron chi connectivity index (χ2n) is 23.0. The molecule has 73 heavy (non-hydrogen) atoms. The third-order valence-corrected chi connectivity index (χ3v) is 17.8. The topological polar surface area (TPSA) is 6.48 Å². The summed E-state index contributed by atoms with van der Waals surface area (Å²) in [6, 6.07) is 76.8. The van der Waals surface area contributed by atoms with Gasteiger partial charge in [0.2, 0.25) is 0 Å². The highest BCUT2D eigenvalue weighted by atomic mass is 32.1. The smallest absolute Gasteiger partial charge is 0.264 e. The van der Waals surface area contributed by atoms with E-state index in [1.807, 2.05) is 0 Å². The van der Waals surface area contributed by atoms with Gasteiger partial charge in [-0.25, -0.2) is 0 Å². The number of hydrogen-bond acceptors (Lipinski definition) is 3. The van der Waals surface area contributed by atoms with E-state index in [-0.39, 0.29) is 17.5 Å². The normalized spacial score (nSPS) is 14.3. The molecule has 352 valence electrons. The number of nitrogens with zero attached hydrogens (tertiary/aromatic N) is 2. The quantitative estimate of drug-likeness (QED) is 0.162. The van der Waals surface area contributed by atoms with Crippen molar-refractivity contribution in [2.45, 2.75) is 71.6 Å². The van der Waals surface area contributed by atoms with Gasteiger partial charge in [-0.2, -0.15) is 0 Å². The molecule has 0 unspecified atom stereocenters. The van der Waals surface area contributed by atoms with Crippen LogP contribution in [0.25, 0.3) is 44.5 Å². The minimum absolute atomic E-state index is 0.0178. The number of para-hydroxylation sites is 1. The first kappa shape index (κ1) is 44.1.